The third-order valence-electron chi connectivity index (χ3n) is 3.90. The molecule has 0 bridgehead atoms. The Labute approximate surface area is 162 Å². The van der Waals surface area contributed by atoms with E-state index in [0.29, 0.717) is 18.1 Å². The second-order valence-electron chi connectivity index (χ2n) is 5.84. The van der Waals surface area contributed by atoms with Crippen LogP contribution in [0.1, 0.15) is 31.4 Å². The Morgan fingerprint density at radius 3 is 2.78 bits per heavy atom. The fraction of sp³-hybridized carbons (Fsp3) is 0.375. The van der Waals surface area contributed by atoms with E-state index in [0.717, 1.165) is 12.8 Å². The summed E-state index contributed by atoms with van der Waals surface area (Å²) >= 11 is 5.78. The maximum atomic E-state index is 13.1. The maximum Gasteiger partial charge on any atom is 0.245 e. The summed E-state index contributed by atoms with van der Waals surface area (Å²) < 4.78 is 34.5. The first-order chi connectivity index (χ1) is 13.0. The minimum atomic E-state index is -3.86. The van der Waals surface area contributed by atoms with Crippen molar-refractivity contribution in [2.45, 2.75) is 44.3 Å². The zero-order valence-electron chi connectivity index (χ0n) is 14.7. The van der Waals surface area contributed by atoms with E-state index in [2.05, 4.69) is 27.4 Å². The van der Waals surface area contributed by atoms with Gasteiger partial charge in [0.25, 0.3) is 0 Å². The van der Waals surface area contributed by atoms with E-state index in [4.69, 9.17) is 16.0 Å². The molecule has 0 aromatic carbocycles. The summed E-state index contributed by atoms with van der Waals surface area (Å²) in [5.74, 6) is 0.966. The summed E-state index contributed by atoms with van der Waals surface area (Å²) in [6.07, 6.45) is 4.59. The molecule has 3 heterocycles. The number of aryl methyl sites for hydroxylation is 1. The molecular formula is C16H19ClN6O3S. The van der Waals surface area contributed by atoms with Gasteiger partial charge < -0.3 is 4.42 Å². The highest BCUT2D eigenvalue weighted by Crippen LogP contribution is 2.21. The van der Waals surface area contributed by atoms with Crippen LogP contribution in [0.4, 0.5) is 0 Å². The lowest BCUT2D eigenvalue weighted by Crippen LogP contribution is -2.31. The summed E-state index contributed by atoms with van der Waals surface area (Å²) in [5.41, 5.74) is 0. The molecule has 0 aliphatic heterocycles. The highest BCUT2D eigenvalue weighted by molar-refractivity contribution is 7.89. The smallest absolute Gasteiger partial charge is 0.245 e. The quantitative estimate of drug-likeness (QED) is 0.498. The molecule has 0 saturated heterocycles. The number of tetrazole rings is 1. The number of hydrogen-bond acceptors (Lipinski definition) is 7. The summed E-state index contributed by atoms with van der Waals surface area (Å²) in [7, 11) is -3.86. The van der Waals surface area contributed by atoms with Gasteiger partial charge in [0.1, 0.15) is 15.8 Å². The van der Waals surface area contributed by atoms with Gasteiger partial charge in [-0.25, -0.2) is 18.1 Å². The van der Waals surface area contributed by atoms with E-state index in [1.54, 1.807) is 16.8 Å². The first-order valence-electron chi connectivity index (χ1n) is 8.40. The molecule has 0 radical (unpaired) electrons. The van der Waals surface area contributed by atoms with E-state index in [1.807, 2.05) is 0 Å². The Hall–Kier alpha value is -2.30. The molecule has 0 atom stereocenters. The molecule has 9 nitrogen and oxygen atoms in total. The third-order valence-corrected chi connectivity index (χ3v) is 5.90. The predicted molar refractivity (Wildman–Crippen MR) is 97.1 cm³/mol. The van der Waals surface area contributed by atoms with Crippen molar-refractivity contribution in [1.29, 1.82) is 0 Å². The predicted octanol–water partition coefficient (Wildman–Crippen LogP) is 2.51. The molecule has 144 valence electrons. The van der Waals surface area contributed by atoms with Crippen LogP contribution in [0, 0.1) is 0 Å². The van der Waals surface area contributed by atoms with Gasteiger partial charge in [0.05, 0.1) is 19.4 Å². The van der Waals surface area contributed by atoms with Crippen LogP contribution < -0.4 is 0 Å². The molecule has 27 heavy (non-hydrogen) atoms. The lowest BCUT2D eigenvalue weighted by atomic mass is 10.3. The number of nitrogens with zero attached hydrogens (tertiary/aromatic N) is 6. The molecule has 3 rings (SSSR count). The molecule has 0 N–H and O–H groups in total. The van der Waals surface area contributed by atoms with Crippen LogP contribution in [-0.2, 0) is 29.7 Å². The van der Waals surface area contributed by atoms with Gasteiger partial charge in [0.2, 0.25) is 10.0 Å². The van der Waals surface area contributed by atoms with E-state index >= 15 is 0 Å². The molecule has 3 aromatic heterocycles. The third kappa shape index (κ3) is 4.71. The van der Waals surface area contributed by atoms with Crippen molar-refractivity contribution >= 4 is 21.6 Å². The van der Waals surface area contributed by atoms with Crippen molar-refractivity contribution in [3.05, 3.63) is 53.5 Å². The van der Waals surface area contributed by atoms with Crippen LogP contribution in [0.3, 0.4) is 0 Å². The number of sulfonamides is 1. The van der Waals surface area contributed by atoms with Crippen LogP contribution in [0.5, 0.6) is 0 Å². The van der Waals surface area contributed by atoms with Crippen LogP contribution in [-0.4, -0.2) is 37.9 Å². The molecule has 0 saturated carbocycles. The first-order valence-corrected chi connectivity index (χ1v) is 10.2. The number of rotatable bonds is 9. The number of hydrogen-bond donors (Lipinski definition) is 0. The van der Waals surface area contributed by atoms with Gasteiger partial charge >= 0.3 is 0 Å². The standard InChI is InChI=1S/C16H19ClN6O3S/c1-2-3-8-23-16(19-20-21-23)12-22(11-13-5-4-9-26-13)27(24,25)14-6-7-15(17)18-10-14/h4-7,9-10H,2-3,8,11-12H2,1H3. The van der Waals surface area contributed by atoms with Gasteiger partial charge in [0.15, 0.2) is 5.82 Å². The summed E-state index contributed by atoms with van der Waals surface area (Å²) in [6, 6.07) is 6.27. The summed E-state index contributed by atoms with van der Waals surface area (Å²) in [6.45, 7) is 2.72. The number of unbranched alkanes of at least 4 members (excludes halogenated alkanes) is 1. The molecule has 3 aromatic rings. The molecule has 0 aliphatic rings. The molecule has 0 spiro atoms. The topological polar surface area (TPSA) is 107 Å². The summed E-state index contributed by atoms with van der Waals surface area (Å²) in [5, 5.41) is 11.8. The second-order valence-corrected chi connectivity index (χ2v) is 8.17. The fourth-order valence-electron chi connectivity index (χ4n) is 2.44. The largest absolute Gasteiger partial charge is 0.468 e. The average Bonchev–Trinajstić information content (AvgIpc) is 3.32. The maximum absolute atomic E-state index is 13.1. The monoisotopic (exact) mass is 410 g/mol. The van der Waals surface area contributed by atoms with Gasteiger partial charge in [-0.05, 0) is 41.1 Å². The Kier molecular flexibility index (Phi) is 6.19. The van der Waals surface area contributed by atoms with Crippen LogP contribution in [0.2, 0.25) is 5.15 Å². The highest BCUT2D eigenvalue weighted by Gasteiger charge is 2.28. The highest BCUT2D eigenvalue weighted by atomic mass is 35.5. The molecular weight excluding hydrogens is 392 g/mol. The molecule has 0 unspecified atom stereocenters. The van der Waals surface area contributed by atoms with Gasteiger partial charge in [-0.2, -0.15) is 4.31 Å². The van der Waals surface area contributed by atoms with Crippen molar-refractivity contribution in [1.82, 2.24) is 29.5 Å². The van der Waals surface area contributed by atoms with Crippen molar-refractivity contribution in [3.63, 3.8) is 0 Å². The number of pyridine rings is 1. The van der Waals surface area contributed by atoms with Gasteiger partial charge in [-0.15, -0.1) is 5.10 Å². The second kappa shape index (κ2) is 8.59. The van der Waals surface area contributed by atoms with Crippen molar-refractivity contribution in [2.24, 2.45) is 0 Å². The Morgan fingerprint density at radius 2 is 2.11 bits per heavy atom. The van der Waals surface area contributed by atoms with Crippen LogP contribution >= 0.6 is 11.6 Å². The Morgan fingerprint density at radius 1 is 1.26 bits per heavy atom. The number of aromatic nitrogens is 5. The zero-order chi connectivity index (χ0) is 19.3. The Bertz CT molecular complexity index is 956. The van der Waals surface area contributed by atoms with Crippen LogP contribution in [0.15, 0.2) is 46.0 Å². The van der Waals surface area contributed by atoms with E-state index in [1.165, 1.54) is 28.9 Å². The Balaban J connectivity index is 1.91. The SMILES string of the molecule is CCCCn1nnnc1CN(Cc1ccco1)S(=O)(=O)c1ccc(Cl)nc1. The van der Waals surface area contributed by atoms with E-state index in [-0.39, 0.29) is 23.1 Å². The molecule has 0 aliphatic carbocycles. The van der Waals surface area contributed by atoms with Gasteiger partial charge in [-0.3, -0.25) is 0 Å². The zero-order valence-corrected chi connectivity index (χ0v) is 16.3. The lowest BCUT2D eigenvalue weighted by molar-refractivity contribution is 0.343. The molecule has 0 fully saturated rings. The summed E-state index contributed by atoms with van der Waals surface area (Å²) in [4.78, 5) is 3.90. The normalized spacial score (nSPS) is 12.0. The minimum Gasteiger partial charge on any atom is -0.468 e. The minimum absolute atomic E-state index is 0.00236. The lowest BCUT2D eigenvalue weighted by Gasteiger charge is -2.20. The van der Waals surface area contributed by atoms with Crippen molar-refractivity contribution < 1.29 is 12.8 Å². The molecule has 0 amide bonds. The fourth-order valence-corrected chi connectivity index (χ4v) is 3.86. The number of halogens is 1. The molecule has 11 heteroatoms. The number of furan rings is 1. The van der Waals surface area contributed by atoms with Crippen molar-refractivity contribution in [3.8, 4) is 0 Å². The van der Waals surface area contributed by atoms with E-state index < -0.39 is 10.0 Å². The van der Waals surface area contributed by atoms with Gasteiger partial charge in [0, 0.05) is 12.7 Å². The van der Waals surface area contributed by atoms with E-state index in [9.17, 15) is 8.42 Å². The van der Waals surface area contributed by atoms with Crippen molar-refractivity contribution in [2.75, 3.05) is 0 Å². The van der Waals surface area contributed by atoms with Crippen LogP contribution in [0.25, 0.3) is 0 Å². The first kappa shape index (κ1) is 19.5. The van der Waals surface area contributed by atoms with Gasteiger partial charge in [-0.1, -0.05) is 24.9 Å². The average molecular weight is 411 g/mol.